The maximum Gasteiger partial charge on any atom is 0.319 e. The first kappa shape index (κ1) is 18.6. The van der Waals surface area contributed by atoms with Gasteiger partial charge in [-0.25, -0.2) is 4.98 Å². The average molecular weight is 345 g/mol. The third-order valence-electron chi connectivity index (χ3n) is 3.68. The number of hydrogen-bond donors (Lipinski definition) is 2. The summed E-state index contributed by atoms with van der Waals surface area (Å²) in [7, 11) is 1.63. The molecule has 2 rings (SSSR count). The first-order chi connectivity index (χ1) is 11.7. The van der Waals surface area contributed by atoms with Crippen LogP contribution in [0.25, 0.3) is 0 Å². The maximum absolute atomic E-state index is 12.7. The van der Waals surface area contributed by atoms with Crippen molar-refractivity contribution in [1.82, 2.24) is 20.2 Å². The Kier molecular flexibility index (Phi) is 7.90. The molecule has 1 aliphatic heterocycles. The normalized spacial score (nSPS) is 18.3. The first-order valence-corrected chi connectivity index (χ1v) is 8.14. The second kappa shape index (κ2) is 10.2. The molecule has 0 spiro atoms. The summed E-state index contributed by atoms with van der Waals surface area (Å²) < 4.78 is 37.3. The molecule has 9 heteroatoms. The highest BCUT2D eigenvalue weighted by Gasteiger charge is 2.15. The van der Waals surface area contributed by atoms with E-state index in [4.69, 9.17) is 9.47 Å². The van der Waals surface area contributed by atoms with Crippen LogP contribution in [0, 0.1) is 0 Å². The predicted molar refractivity (Wildman–Crippen MR) is 86.1 cm³/mol. The molecule has 0 aromatic carbocycles. The van der Waals surface area contributed by atoms with Crippen molar-refractivity contribution in [2.24, 2.45) is 4.99 Å². The van der Waals surface area contributed by atoms with Gasteiger partial charge in [-0.1, -0.05) is 0 Å². The van der Waals surface area contributed by atoms with E-state index in [1.165, 1.54) is 12.4 Å². The Labute approximate surface area is 140 Å². The lowest BCUT2D eigenvalue weighted by Gasteiger charge is -2.13. The molecule has 1 atom stereocenters. The molecular weight excluding hydrogens is 320 g/mol. The van der Waals surface area contributed by atoms with E-state index >= 15 is 0 Å². The van der Waals surface area contributed by atoms with Gasteiger partial charge in [0.25, 0.3) is 0 Å². The minimum absolute atomic E-state index is 0.173. The molecule has 1 fully saturated rings. The summed E-state index contributed by atoms with van der Waals surface area (Å²) in [5.74, 6) is 0.797. The summed E-state index contributed by atoms with van der Waals surface area (Å²) in [6.07, 6.45) is 5.85. The highest BCUT2D eigenvalue weighted by molar-refractivity contribution is 5.79. The van der Waals surface area contributed by atoms with E-state index in [1.807, 2.05) is 0 Å². The molecule has 1 aliphatic rings. The van der Waals surface area contributed by atoms with Crippen molar-refractivity contribution in [3.63, 3.8) is 0 Å². The minimum atomic E-state index is -2.60. The maximum atomic E-state index is 12.7. The van der Waals surface area contributed by atoms with Gasteiger partial charge in [0.05, 0.1) is 19.3 Å². The van der Waals surface area contributed by atoms with Crippen molar-refractivity contribution in [2.75, 3.05) is 33.4 Å². The van der Waals surface area contributed by atoms with Crippen LogP contribution in [0.1, 0.15) is 31.6 Å². The topological polar surface area (TPSA) is 72.7 Å². The molecule has 0 bridgehead atoms. The van der Waals surface area contributed by atoms with E-state index < -0.39 is 6.55 Å². The lowest BCUT2D eigenvalue weighted by atomic mass is 10.2. The number of nitrogens with zero attached hydrogens (tertiary/aromatic N) is 3. The van der Waals surface area contributed by atoms with E-state index in [0.717, 1.165) is 30.4 Å². The molecule has 1 aromatic heterocycles. The van der Waals surface area contributed by atoms with Gasteiger partial charge in [0.15, 0.2) is 5.96 Å². The molecule has 1 aromatic rings. The highest BCUT2D eigenvalue weighted by Crippen LogP contribution is 2.12. The van der Waals surface area contributed by atoms with Gasteiger partial charge in [0.1, 0.15) is 5.82 Å². The molecule has 0 radical (unpaired) electrons. The molecule has 2 N–H and O–H groups in total. The van der Waals surface area contributed by atoms with Crippen molar-refractivity contribution in [3.8, 4) is 0 Å². The van der Waals surface area contributed by atoms with Gasteiger partial charge in [0, 0.05) is 39.2 Å². The van der Waals surface area contributed by atoms with E-state index in [-0.39, 0.29) is 18.5 Å². The SMILES string of the molecule is CN=C(NCCCOCC1CCCO1)NCc1nccn1C(F)F. The highest BCUT2D eigenvalue weighted by atomic mass is 19.3. The lowest BCUT2D eigenvalue weighted by molar-refractivity contribution is 0.0168. The van der Waals surface area contributed by atoms with Crippen LogP contribution in [-0.2, 0) is 16.0 Å². The fraction of sp³-hybridized carbons (Fsp3) is 0.733. The third-order valence-corrected chi connectivity index (χ3v) is 3.68. The number of ether oxygens (including phenoxy) is 2. The number of alkyl halides is 2. The number of guanidine groups is 1. The van der Waals surface area contributed by atoms with Crippen LogP contribution in [0.2, 0.25) is 0 Å². The summed E-state index contributed by atoms with van der Waals surface area (Å²) in [5.41, 5.74) is 0. The van der Waals surface area contributed by atoms with Crippen LogP contribution >= 0.6 is 0 Å². The molecule has 0 saturated carbocycles. The van der Waals surface area contributed by atoms with E-state index in [1.54, 1.807) is 7.05 Å². The molecule has 2 heterocycles. The quantitative estimate of drug-likeness (QED) is 0.403. The van der Waals surface area contributed by atoms with Gasteiger partial charge in [-0.2, -0.15) is 8.78 Å². The molecule has 0 amide bonds. The Bertz CT molecular complexity index is 504. The number of nitrogens with one attached hydrogen (secondary N) is 2. The average Bonchev–Trinajstić information content (AvgIpc) is 3.24. The fourth-order valence-corrected chi connectivity index (χ4v) is 2.41. The molecule has 24 heavy (non-hydrogen) atoms. The van der Waals surface area contributed by atoms with E-state index in [2.05, 4.69) is 20.6 Å². The zero-order valence-electron chi connectivity index (χ0n) is 13.9. The summed E-state index contributed by atoms with van der Waals surface area (Å²) in [4.78, 5) is 7.96. The van der Waals surface area contributed by atoms with Gasteiger partial charge >= 0.3 is 6.55 Å². The predicted octanol–water partition coefficient (Wildman–Crippen LogP) is 1.53. The monoisotopic (exact) mass is 345 g/mol. The van der Waals surface area contributed by atoms with E-state index in [0.29, 0.717) is 25.7 Å². The second-order valence-electron chi connectivity index (χ2n) is 5.44. The Hall–Kier alpha value is -1.74. The third kappa shape index (κ3) is 6.04. The van der Waals surface area contributed by atoms with Crippen LogP contribution in [0.5, 0.6) is 0 Å². The van der Waals surface area contributed by atoms with E-state index in [9.17, 15) is 8.78 Å². The van der Waals surface area contributed by atoms with Gasteiger partial charge in [-0.3, -0.25) is 9.56 Å². The largest absolute Gasteiger partial charge is 0.379 e. The van der Waals surface area contributed by atoms with Crippen molar-refractivity contribution < 1.29 is 18.3 Å². The smallest absolute Gasteiger partial charge is 0.319 e. The number of aromatic nitrogens is 2. The van der Waals surface area contributed by atoms with Gasteiger partial charge in [-0.05, 0) is 19.3 Å². The minimum Gasteiger partial charge on any atom is -0.379 e. The summed E-state index contributed by atoms with van der Waals surface area (Å²) in [5, 5.41) is 6.08. The molecule has 0 aliphatic carbocycles. The van der Waals surface area contributed by atoms with Gasteiger partial charge < -0.3 is 20.1 Å². The molecule has 136 valence electrons. The van der Waals surface area contributed by atoms with Crippen molar-refractivity contribution in [3.05, 3.63) is 18.2 Å². The number of hydrogen-bond acceptors (Lipinski definition) is 4. The molecule has 7 nitrogen and oxygen atoms in total. The van der Waals surface area contributed by atoms with Crippen LogP contribution in [-0.4, -0.2) is 55.0 Å². The van der Waals surface area contributed by atoms with Crippen molar-refractivity contribution >= 4 is 5.96 Å². The Morgan fingerprint density at radius 1 is 1.54 bits per heavy atom. The Morgan fingerprint density at radius 3 is 3.12 bits per heavy atom. The molecular formula is C15H25F2N5O2. The zero-order chi connectivity index (χ0) is 17.2. The molecule has 1 unspecified atom stereocenters. The Morgan fingerprint density at radius 2 is 2.42 bits per heavy atom. The number of halogens is 2. The Balaban J connectivity index is 1.57. The summed E-state index contributed by atoms with van der Waals surface area (Å²) in [6.45, 7) is 0.367. The second-order valence-corrected chi connectivity index (χ2v) is 5.44. The van der Waals surface area contributed by atoms with Crippen molar-refractivity contribution in [2.45, 2.75) is 38.5 Å². The standard InChI is InChI=1S/C15H25F2N5O2/c1-18-15(21-10-13-19-6-7-22(13)14(16)17)20-5-3-8-23-11-12-4-2-9-24-12/h6-7,12,14H,2-5,8-11H2,1H3,(H2,18,20,21). The first-order valence-electron chi connectivity index (χ1n) is 8.14. The van der Waals surface area contributed by atoms with Crippen LogP contribution < -0.4 is 10.6 Å². The number of imidazole rings is 1. The fourth-order valence-electron chi connectivity index (χ4n) is 2.41. The number of rotatable bonds is 9. The van der Waals surface area contributed by atoms with Crippen LogP contribution in [0.15, 0.2) is 17.4 Å². The van der Waals surface area contributed by atoms with Crippen LogP contribution in [0.3, 0.4) is 0 Å². The summed E-state index contributed by atoms with van der Waals surface area (Å²) in [6, 6.07) is 0. The van der Waals surface area contributed by atoms with Gasteiger partial charge in [-0.15, -0.1) is 0 Å². The molecule has 1 saturated heterocycles. The number of aliphatic imine (C=N–C) groups is 1. The van der Waals surface area contributed by atoms with Crippen LogP contribution in [0.4, 0.5) is 8.78 Å². The van der Waals surface area contributed by atoms with Gasteiger partial charge in [0.2, 0.25) is 0 Å². The van der Waals surface area contributed by atoms with Crippen molar-refractivity contribution in [1.29, 1.82) is 0 Å². The zero-order valence-corrected chi connectivity index (χ0v) is 13.9. The summed E-state index contributed by atoms with van der Waals surface area (Å²) >= 11 is 0. The lowest BCUT2D eigenvalue weighted by Crippen LogP contribution is -2.38.